The van der Waals surface area contributed by atoms with Gasteiger partial charge in [0.1, 0.15) is 10.7 Å². The molecule has 2 N–H and O–H groups in total. The molecular formula is C15H24ClFN2O4S. The van der Waals surface area contributed by atoms with E-state index in [2.05, 4.69) is 6.92 Å². The first-order valence-corrected chi connectivity index (χ1v) is 8.92. The third-order valence-corrected chi connectivity index (χ3v) is 6.19. The predicted molar refractivity (Wildman–Crippen MR) is 91.9 cm³/mol. The average Bonchev–Trinajstić information content (AvgIpc) is 2.53. The molecule has 1 aromatic carbocycles. The predicted octanol–water partition coefficient (Wildman–Crippen LogP) is 2.01. The van der Waals surface area contributed by atoms with Gasteiger partial charge in [-0.3, -0.25) is 0 Å². The highest BCUT2D eigenvalue weighted by Gasteiger charge is 2.37. The van der Waals surface area contributed by atoms with E-state index < -0.39 is 20.7 Å². The quantitative estimate of drug-likeness (QED) is 0.842. The second kappa shape index (κ2) is 8.33. The van der Waals surface area contributed by atoms with E-state index in [-0.39, 0.29) is 36.5 Å². The third-order valence-electron chi connectivity index (χ3n) is 4.22. The lowest BCUT2D eigenvalue weighted by molar-refractivity contribution is 0.210. The number of methoxy groups -OCH3 is 2. The summed E-state index contributed by atoms with van der Waals surface area (Å²) in [6, 6.07) is 1.86. The van der Waals surface area contributed by atoms with Crippen molar-refractivity contribution in [1.29, 1.82) is 0 Å². The molecule has 0 bridgehead atoms. The monoisotopic (exact) mass is 382 g/mol. The van der Waals surface area contributed by atoms with Gasteiger partial charge in [0.15, 0.2) is 11.5 Å². The largest absolute Gasteiger partial charge is 0.493 e. The Morgan fingerprint density at radius 3 is 2.42 bits per heavy atom. The Bertz CT molecular complexity index is 672. The fourth-order valence-electron chi connectivity index (χ4n) is 2.92. The number of ether oxygens (including phenoxy) is 2. The number of piperidine rings is 1. The standard InChI is InChI=1S/C15H23FN2O4S.ClH/c1-10-4-5-18(11(6-10)9-17)23(19,20)15-8-14(22-3)13(21-2)7-12(15)16;/h7-8,10-11H,4-6,9,17H2,1-3H3;1H. The van der Waals surface area contributed by atoms with Crippen LogP contribution in [0.1, 0.15) is 19.8 Å². The summed E-state index contributed by atoms with van der Waals surface area (Å²) in [5.74, 6) is -0.156. The lowest BCUT2D eigenvalue weighted by Crippen LogP contribution is -2.49. The first-order chi connectivity index (χ1) is 10.8. The summed E-state index contributed by atoms with van der Waals surface area (Å²) in [6.07, 6.45) is 1.40. The maximum absolute atomic E-state index is 14.3. The van der Waals surface area contributed by atoms with Crippen molar-refractivity contribution in [3.05, 3.63) is 17.9 Å². The molecule has 9 heteroatoms. The first-order valence-electron chi connectivity index (χ1n) is 7.48. The van der Waals surface area contributed by atoms with Crippen LogP contribution < -0.4 is 15.2 Å². The van der Waals surface area contributed by atoms with E-state index in [0.29, 0.717) is 18.9 Å². The Kier molecular flexibility index (Phi) is 7.27. The zero-order valence-electron chi connectivity index (χ0n) is 14.0. The first kappa shape index (κ1) is 21.0. The SMILES string of the molecule is COc1cc(F)c(S(=O)(=O)N2CCC(C)CC2CN)cc1OC.Cl. The molecule has 0 saturated carbocycles. The molecule has 0 radical (unpaired) electrons. The zero-order chi connectivity index (χ0) is 17.2. The summed E-state index contributed by atoms with van der Waals surface area (Å²) in [4.78, 5) is -0.414. The maximum Gasteiger partial charge on any atom is 0.246 e. The molecule has 1 fully saturated rings. The van der Waals surface area contributed by atoms with Crippen molar-refractivity contribution in [3.63, 3.8) is 0 Å². The molecule has 2 rings (SSSR count). The number of benzene rings is 1. The van der Waals surface area contributed by atoms with Gasteiger partial charge in [-0.15, -0.1) is 12.4 Å². The van der Waals surface area contributed by atoms with E-state index in [0.717, 1.165) is 18.6 Å². The minimum Gasteiger partial charge on any atom is -0.493 e. The molecule has 138 valence electrons. The van der Waals surface area contributed by atoms with Crippen LogP contribution in [0, 0.1) is 11.7 Å². The molecule has 0 aliphatic carbocycles. The van der Waals surface area contributed by atoms with Crippen molar-refractivity contribution in [1.82, 2.24) is 4.31 Å². The molecule has 0 amide bonds. The van der Waals surface area contributed by atoms with Gasteiger partial charge in [0.05, 0.1) is 14.2 Å². The molecule has 0 aromatic heterocycles. The third kappa shape index (κ3) is 3.93. The van der Waals surface area contributed by atoms with Crippen LogP contribution in [0.4, 0.5) is 4.39 Å². The van der Waals surface area contributed by atoms with Crippen LogP contribution in [0.3, 0.4) is 0 Å². The fraction of sp³-hybridized carbons (Fsp3) is 0.600. The van der Waals surface area contributed by atoms with Gasteiger partial charge < -0.3 is 15.2 Å². The van der Waals surface area contributed by atoms with Crippen molar-refractivity contribution >= 4 is 22.4 Å². The number of hydrogen-bond acceptors (Lipinski definition) is 5. The highest BCUT2D eigenvalue weighted by Crippen LogP contribution is 2.35. The zero-order valence-corrected chi connectivity index (χ0v) is 15.6. The molecular weight excluding hydrogens is 359 g/mol. The molecule has 6 nitrogen and oxygen atoms in total. The number of nitrogens with zero attached hydrogens (tertiary/aromatic N) is 1. The summed E-state index contributed by atoms with van der Waals surface area (Å²) >= 11 is 0. The molecule has 1 aromatic rings. The van der Waals surface area contributed by atoms with E-state index in [9.17, 15) is 12.8 Å². The summed E-state index contributed by atoms with van der Waals surface area (Å²) in [5, 5.41) is 0. The average molecular weight is 383 g/mol. The lowest BCUT2D eigenvalue weighted by Gasteiger charge is -2.36. The van der Waals surface area contributed by atoms with Crippen molar-refractivity contribution in [2.45, 2.75) is 30.7 Å². The smallest absolute Gasteiger partial charge is 0.246 e. The molecule has 1 saturated heterocycles. The Labute approximate surface area is 148 Å². The number of nitrogens with two attached hydrogens (primary N) is 1. The van der Waals surface area contributed by atoms with Crippen LogP contribution >= 0.6 is 12.4 Å². The highest BCUT2D eigenvalue weighted by atomic mass is 35.5. The molecule has 2 unspecified atom stereocenters. The normalized spacial score (nSPS) is 21.9. The summed E-state index contributed by atoms with van der Waals surface area (Å²) < 4.78 is 51.5. The summed E-state index contributed by atoms with van der Waals surface area (Å²) in [5.41, 5.74) is 5.73. The van der Waals surface area contributed by atoms with Crippen LogP contribution in [0.2, 0.25) is 0 Å². The van der Waals surface area contributed by atoms with Gasteiger partial charge in [0.25, 0.3) is 0 Å². The van der Waals surface area contributed by atoms with Crippen LogP contribution in [-0.4, -0.2) is 46.1 Å². The van der Waals surface area contributed by atoms with E-state index in [1.54, 1.807) is 0 Å². The van der Waals surface area contributed by atoms with Crippen molar-refractivity contribution < 1.29 is 22.3 Å². The second-order valence-electron chi connectivity index (χ2n) is 5.77. The van der Waals surface area contributed by atoms with Crippen molar-refractivity contribution in [2.75, 3.05) is 27.3 Å². The van der Waals surface area contributed by atoms with Gasteiger partial charge in [-0.1, -0.05) is 6.92 Å². The van der Waals surface area contributed by atoms with Crippen molar-refractivity contribution in [2.24, 2.45) is 11.7 Å². The van der Waals surface area contributed by atoms with Gasteiger partial charge >= 0.3 is 0 Å². The van der Waals surface area contributed by atoms with Crippen LogP contribution in [0.25, 0.3) is 0 Å². The van der Waals surface area contributed by atoms with Gasteiger partial charge in [0.2, 0.25) is 10.0 Å². The van der Waals surface area contributed by atoms with Gasteiger partial charge in [-0.05, 0) is 18.8 Å². The highest BCUT2D eigenvalue weighted by molar-refractivity contribution is 7.89. The Morgan fingerprint density at radius 1 is 1.29 bits per heavy atom. The summed E-state index contributed by atoms with van der Waals surface area (Å²) in [7, 11) is -1.26. The van der Waals surface area contributed by atoms with E-state index in [1.165, 1.54) is 18.5 Å². The Hall–Kier alpha value is -1.09. The van der Waals surface area contributed by atoms with Crippen LogP contribution in [-0.2, 0) is 10.0 Å². The minimum atomic E-state index is -3.99. The van der Waals surface area contributed by atoms with Gasteiger partial charge in [-0.2, -0.15) is 4.31 Å². The number of hydrogen-bond donors (Lipinski definition) is 1. The van der Waals surface area contributed by atoms with Crippen LogP contribution in [0.15, 0.2) is 17.0 Å². The lowest BCUT2D eigenvalue weighted by atomic mass is 9.94. The molecule has 2 atom stereocenters. The molecule has 1 aliphatic heterocycles. The van der Waals surface area contributed by atoms with E-state index in [1.807, 2.05) is 0 Å². The second-order valence-corrected chi connectivity index (χ2v) is 7.63. The van der Waals surface area contributed by atoms with Crippen molar-refractivity contribution in [3.8, 4) is 11.5 Å². The number of halogens is 2. The Morgan fingerprint density at radius 2 is 1.88 bits per heavy atom. The molecule has 24 heavy (non-hydrogen) atoms. The Balaban J connectivity index is 0.00000288. The fourth-order valence-corrected chi connectivity index (χ4v) is 4.64. The van der Waals surface area contributed by atoms with Crippen LogP contribution in [0.5, 0.6) is 11.5 Å². The number of sulfonamides is 1. The van der Waals surface area contributed by atoms with E-state index in [4.69, 9.17) is 15.2 Å². The molecule has 0 spiro atoms. The maximum atomic E-state index is 14.3. The van der Waals surface area contributed by atoms with Gasteiger partial charge in [-0.25, -0.2) is 12.8 Å². The minimum absolute atomic E-state index is 0. The van der Waals surface area contributed by atoms with E-state index >= 15 is 0 Å². The van der Waals surface area contributed by atoms with Gasteiger partial charge in [0, 0.05) is 31.3 Å². The summed E-state index contributed by atoms with van der Waals surface area (Å²) in [6.45, 7) is 2.60. The molecule has 1 aliphatic rings. The topological polar surface area (TPSA) is 81.9 Å². The molecule has 1 heterocycles. The number of rotatable bonds is 5.